The van der Waals surface area contributed by atoms with Crippen LogP contribution in [0.4, 0.5) is 4.79 Å². The summed E-state index contributed by atoms with van der Waals surface area (Å²) in [5, 5.41) is 65.3. The fraction of sp³-hybridized carbons (Fsp3) is 0.635. The van der Waals surface area contributed by atoms with Crippen LogP contribution in [-0.4, -0.2) is 200 Å². The lowest BCUT2D eigenvalue weighted by Crippen LogP contribution is -2.59. The predicted octanol–water partition coefficient (Wildman–Crippen LogP) is -0.558. The Morgan fingerprint density at radius 3 is 1.82 bits per heavy atom. The zero-order valence-electron chi connectivity index (χ0n) is 43.8. The van der Waals surface area contributed by atoms with Crippen LogP contribution in [0.3, 0.4) is 0 Å². The Labute approximate surface area is 455 Å². The largest absolute Gasteiger partial charge is 0.449 e. The molecule has 5 heterocycles. The number of ether oxygens (including phenoxy) is 3. The maximum absolute atomic E-state index is 12.7. The number of carbonyl (C=O) groups is 7. The van der Waals surface area contributed by atoms with Crippen LogP contribution < -0.4 is 27.4 Å². The van der Waals surface area contributed by atoms with Crippen molar-refractivity contribution >= 4 is 62.9 Å². The standard InChI is InChI=1S/C19H33N3O7.C17H27N3O7S2.C16H15NO2/c1-9(22-6-4-5-12(22)15(25)10(2)18(20)28)7-14(24)21-19-11(3)16(26)17(27)13(8-23)29-19;1-7-12(23)14(25)9(6-21)27-17(7)19-10(22)5-11-20-4-2-3-8(20)13(24)15(16(18)26)29-28-11;1-17-16(18)19-10-15-13-8-4-2-6-11(13)12-7-3-5-9-14(12)15/h9-13,16-17,19,23,26-27H,4-8H2,1-3H3,(H2,20,28)(H,21,24);7-9,11-12,14-15,17,21,23,25H,2-6H2,1H3,(H2,18,26)(H,19,22);2-9,15H,10H2,1H3,(H,17,18)/t9?,10?,11?,12-,13?,16+,17+,19+;7?,8-,9?,11?,12+,14+,15?,17+;/m00./s1. The molecule has 23 nitrogen and oxygen atoms in total. The van der Waals surface area contributed by atoms with Gasteiger partial charge >= 0.3 is 6.09 Å². The lowest BCUT2D eigenvalue weighted by molar-refractivity contribution is -0.213. The number of nitrogens with two attached hydrogens (primary N) is 2. The van der Waals surface area contributed by atoms with Crippen LogP contribution >= 0.6 is 21.6 Å². The molecule has 0 saturated carbocycles. The lowest BCUT2D eigenvalue weighted by atomic mass is 9.91. The van der Waals surface area contributed by atoms with Crippen molar-refractivity contribution in [3.63, 3.8) is 0 Å². The quantitative estimate of drug-likeness (QED) is 0.0787. The molecule has 0 spiro atoms. The third-order valence-corrected chi connectivity index (χ3v) is 18.3. The van der Waals surface area contributed by atoms with Gasteiger partial charge in [-0.05, 0) is 68.3 Å². The topological polar surface area (TPSA) is 363 Å². The number of nitrogens with one attached hydrogen (secondary N) is 3. The van der Waals surface area contributed by atoms with Crippen LogP contribution in [0.2, 0.25) is 0 Å². The van der Waals surface area contributed by atoms with E-state index >= 15 is 0 Å². The summed E-state index contributed by atoms with van der Waals surface area (Å²) >= 11 is 0. The van der Waals surface area contributed by atoms with Gasteiger partial charge in [0, 0.05) is 43.8 Å². The van der Waals surface area contributed by atoms with Crippen molar-refractivity contribution in [3.8, 4) is 11.1 Å². The van der Waals surface area contributed by atoms with Gasteiger partial charge in [-0.2, -0.15) is 0 Å². The highest BCUT2D eigenvalue weighted by Crippen LogP contribution is 2.45. The molecule has 5 fully saturated rings. The molecule has 5 amide bonds. The first-order valence-corrected chi connectivity index (χ1v) is 28.3. The van der Waals surface area contributed by atoms with Crippen LogP contribution in [0.5, 0.6) is 0 Å². The number of aliphatic hydroxyl groups is 6. The van der Waals surface area contributed by atoms with Crippen LogP contribution in [0.1, 0.15) is 83.3 Å². The van der Waals surface area contributed by atoms with E-state index in [1.165, 1.54) is 40.0 Å². The van der Waals surface area contributed by atoms with Gasteiger partial charge in [0.2, 0.25) is 23.6 Å². The Morgan fingerprint density at radius 2 is 1.30 bits per heavy atom. The molecular formula is C52H75N7O16S2. The molecule has 5 saturated heterocycles. The van der Waals surface area contributed by atoms with Gasteiger partial charge in [-0.3, -0.25) is 38.6 Å². The molecule has 0 aromatic heterocycles. The first-order chi connectivity index (χ1) is 36.6. The summed E-state index contributed by atoms with van der Waals surface area (Å²) in [6, 6.07) is 15.5. The van der Waals surface area contributed by atoms with Crippen LogP contribution in [0.25, 0.3) is 11.1 Å². The Bertz CT molecular complexity index is 2360. The minimum absolute atomic E-state index is 0.0575. The van der Waals surface area contributed by atoms with Gasteiger partial charge in [0.05, 0.1) is 55.2 Å². The molecule has 16 atom stereocenters. The summed E-state index contributed by atoms with van der Waals surface area (Å²) < 4.78 is 16.3. The van der Waals surface area contributed by atoms with E-state index in [-0.39, 0.29) is 59.6 Å². The van der Waals surface area contributed by atoms with E-state index < -0.39 is 109 Å². The molecule has 6 aliphatic rings. The molecule has 2 aromatic carbocycles. The zero-order valence-corrected chi connectivity index (χ0v) is 45.5. The summed E-state index contributed by atoms with van der Waals surface area (Å²) in [5.74, 6) is -4.33. The summed E-state index contributed by atoms with van der Waals surface area (Å²) in [5.41, 5.74) is 15.6. The third-order valence-electron chi connectivity index (χ3n) is 15.3. The van der Waals surface area contributed by atoms with Crippen molar-refractivity contribution in [2.75, 3.05) is 40.0 Å². The second-order valence-corrected chi connectivity index (χ2v) is 22.9. The van der Waals surface area contributed by atoms with Gasteiger partial charge in [-0.25, -0.2) is 4.79 Å². The van der Waals surface area contributed by atoms with Crippen LogP contribution in [0, 0.1) is 17.8 Å². The van der Waals surface area contributed by atoms with Crippen LogP contribution in [-0.2, 0) is 43.0 Å². The molecule has 2 aromatic rings. The van der Waals surface area contributed by atoms with E-state index in [2.05, 4.69) is 40.2 Å². The third kappa shape index (κ3) is 14.5. The highest BCUT2D eigenvalue weighted by atomic mass is 33.1. The number of carbonyl (C=O) groups excluding carboxylic acids is 7. The average molecular weight is 1120 g/mol. The number of likely N-dealkylation sites (tertiary alicyclic amines) is 1. The summed E-state index contributed by atoms with van der Waals surface area (Å²) in [6.07, 6.45) is -5.85. The number of hydrogen-bond acceptors (Lipinski definition) is 20. The van der Waals surface area contributed by atoms with E-state index in [0.717, 1.165) is 23.6 Å². The molecule has 1 aliphatic carbocycles. The van der Waals surface area contributed by atoms with Gasteiger partial charge in [-0.15, -0.1) is 0 Å². The number of nitrogens with zero attached hydrogens (tertiary/aromatic N) is 2. The van der Waals surface area contributed by atoms with E-state index in [9.17, 15) is 64.2 Å². The van der Waals surface area contributed by atoms with Crippen molar-refractivity contribution in [2.45, 2.75) is 150 Å². The monoisotopic (exact) mass is 1120 g/mol. The number of benzene rings is 2. The highest BCUT2D eigenvalue weighted by Gasteiger charge is 2.47. The maximum Gasteiger partial charge on any atom is 0.406 e. The van der Waals surface area contributed by atoms with E-state index in [0.29, 0.717) is 32.5 Å². The number of primary amides is 2. The first-order valence-electron chi connectivity index (χ1n) is 26.0. The van der Waals surface area contributed by atoms with E-state index in [1.807, 2.05) is 41.0 Å². The number of alkyl carbamates (subject to hydrolysis) is 1. The van der Waals surface area contributed by atoms with Gasteiger partial charge in [0.1, 0.15) is 43.5 Å². The average Bonchev–Trinajstić information content (AvgIpc) is 4.18. The normalized spacial score (nSPS) is 31.8. The van der Waals surface area contributed by atoms with Gasteiger partial charge < -0.3 is 72.3 Å². The number of rotatable bonds is 15. The Hall–Kier alpha value is -4.77. The predicted molar refractivity (Wildman–Crippen MR) is 283 cm³/mol. The molecule has 77 heavy (non-hydrogen) atoms. The minimum Gasteiger partial charge on any atom is -0.449 e. The molecule has 5 aliphatic heterocycles. The molecule has 8 unspecified atom stereocenters. The fourth-order valence-electron chi connectivity index (χ4n) is 10.7. The Kier molecular flexibility index (Phi) is 22.3. The number of hydrogen-bond donors (Lipinski definition) is 11. The lowest BCUT2D eigenvalue weighted by Gasteiger charge is -2.41. The molecule has 8 rings (SSSR count). The SMILES string of the molecule is CC(C(N)=O)C(=O)[C@@H]1CCCN1C(C)CC(=O)N[C@@H]1OC(CO)[C@@H](O)[C@H](O)C1C.CC1[C@H](NC(=O)CC2SSC(C(N)=O)C(=O)[C@@H]3CCCN23)OC(CO)[C@@H](O)[C@@H]1O.CNC(=O)OCC1c2ccccc2-c2ccccc21. The number of fused-ring (bicyclic) bond motifs is 4. The zero-order chi connectivity index (χ0) is 56.4. The smallest absolute Gasteiger partial charge is 0.406 e. The molecule has 13 N–H and O–H groups in total. The highest BCUT2D eigenvalue weighted by molar-refractivity contribution is 8.77. The van der Waals surface area contributed by atoms with E-state index in [1.54, 1.807) is 20.9 Å². The number of amides is 5. The molecule has 25 heteroatoms. The molecule has 0 bridgehead atoms. The Balaban J connectivity index is 0.000000191. The van der Waals surface area contributed by atoms with Crippen molar-refractivity contribution < 1.29 is 78.4 Å². The maximum atomic E-state index is 12.7. The van der Waals surface area contributed by atoms with E-state index in [4.69, 9.17) is 25.7 Å². The summed E-state index contributed by atoms with van der Waals surface area (Å²) in [7, 11) is 3.95. The summed E-state index contributed by atoms with van der Waals surface area (Å²) in [4.78, 5) is 88.5. The number of aliphatic hydroxyl groups excluding tert-OH is 6. The van der Waals surface area contributed by atoms with Gasteiger partial charge in [0.25, 0.3) is 0 Å². The molecule has 0 radical (unpaired) electrons. The summed E-state index contributed by atoms with van der Waals surface area (Å²) in [6.45, 7) is 7.30. The Morgan fingerprint density at radius 1 is 0.766 bits per heavy atom. The minimum atomic E-state index is -1.24. The molecule has 426 valence electrons. The van der Waals surface area contributed by atoms with Crippen molar-refractivity contribution in [1.82, 2.24) is 25.8 Å². The second-order valence-electron chi connectivity index (χ2n) is 20.4. The van der Waals surface area contributed by atoms with Gasteiger partial charge in [-0.1, -0.05) is 84.0 Å². The fourth-order valence-corrected chi connectivity index (χ4v) is 13.7. The number of ketones is 2. The number of Topliss-reactive ketones (excluding diaryl/α,β-unsaturated/α-hetero) is 2. The molecular weight excluding hydrogens is 1040 g/mol. The first kappa shape index (κ1) is 61.4. The van der Waals surface area contributed by atoms with Gasteiger partial charge in [0.15, 0.2) is 16.8 Å². The van der Waals surface area contributed by atoms with Crippen molar-refractivity contribution in [2.24, 2.45) is 29.2 Å². The second kappa shape index (κ2) is 27.9. The van der Waals surface area contributed by atoms with Crippen molar-refractivity contribution in [3.05, 3.63) is 59.7 Å². The van der Waals surface area contributed by atoms with Crippen LogP contribution in [0.15, 0.2) is 48.5 Å². The van der Waals surface area contributed by atoms with Crippen molar-refractivity contribution in [1.29, 1.82) is 0 Å².